The van der Waals surface area contributed by atoms with Crippen molar-refractivity contribution in [3.63, 3.8) is 0 Å². The predicted octanol–water partition coefficient (Wildman–Crippen LogP) is 3.46. The highest BCUT2D eigenvalue weighted by Gasteiger charge is 2.22. The second kappa shape index (κ2) is 5.25. The van der Waals surface area contributed by atoms with Gasteiger partial charge in [0.2, 0.25) is 0 Å². The van der Waals surface area contributed by atoms with E-state index in [0.29, 0.717) is 10.8 Å². The van der Waals surface area contributed by atoms with Gasteiger partial charge in [-0.3, -0.25) is 0 Å². The number of carbonyl (C=O) groups is 1. The molecule has 0 radical (unpaired) electrons. The number of hydrogen-bond donors (Lipinski definition) is 3. The van der Waals surface area contributed by atoms with E-state index < -0.39 is 5.97 Å². The Morgan fingerprint density at radius 3 is 2.15 bits per heavy atom. The van der Waals surface area contributed by atoms with Crippen LogP contribution in [-0.4, -0.2) is 21.3 Å². The zero-order chi connectivity index (χ0) is 14.9. The molecule has 0 aliphatic carbocycles. The highest BCUT2D eigenvalue weighted by molar-refractivity contribution is 6.05. The maximum Gasteiger partial charge on any atom is 0.339 e. The summed E-state index contributed by atoms with van der Waals surface area (Å²) in [6, 6.07) is 6.65. The van der Waals surface area contributed by atoms with Crippen molar-refractivity contribution in [3.05, 3.63) is 47.0 Å². The summed E-state index contributed by atoms with van der Waals surface area (Å²) in [4.78, 5) is 11.4. The van der Waals surface area contributed by atoms with Crippen LogP contribution in [0.25, 0.3) is 10.8 Å². The Labute approximate surface area is 116 Å². The molecule has 2 aromatic rings. The van der Waals surface area contributed by atoms with Gasteiger partial charge in [0.25, 0.3) is 0 Å². The first-order valence-corrected chi connectivity index (χ1v) is 6.25. The molecule has 2 rings (SSSR count). The van der Waals surface area contributed by atoms with Crippen molar-refractivity contribution in [2.75, 3.05) is 0 Å². The lowest BCUT2D eigenvalue weighted by atomic mass is 9.95. The highest BCUT2D eigenvalue weighted by atomic mass is 16.4. The van der Waals surface area contributed by atoms with Crippen LogP contribution in [0.2, 0.25) is 0 Å². The summed E-state index contributed by atoms with van der Waals surface area (Å²) in [5.41, 5.74) is 1.00. The van der Waals surface area contributed by atoms with E-state index in [0.717, 1.165) is 5.57 Å². The number of rotatable bonds is 3. The molecule has 104 valence electrons. The molecule has 0 bridgehead atoms. The molecule has 2 aromatic carbocycles. The molecule has 0 spiro atoms. The molecule has 4 nitrogen and oxygen atoms in total. The fraction of sp³-hybridized carbons (Fsp3) is 0.188. The van der Waals surface area contributed by atoms with Crippen LogP contribution in [0.3, 0.4) is 0 Å². The Kier molecular flexibility index (Phi) is 3.66. The maximum atomic E-state index is 11.4. The van der Waals surface area contributed by atoms with Gasteiger partial charge >= 0.3 is 5.97 Å². The van der Waals surface area contributed by atoms with Gasteiger partial charge in [-0.1, -0.05) is 35.9 Å². The van der Waals surface area contributed by atoms with Crippen molar-refractivity contribution < 1.29 is 20.1 Å². The summed E-state index contributed by atoms with van der Waals surface area (Å²) in [7, 11) is 0. The third-order valence-corrected chi connectivity index (χ3v) is 3.19. The average molecular weight is 272 g/mol. The fourth-order valence-corrected chi connectivity index (χ4v) is 2.19. The zero-order valence-corrected chi connectivity index (χ0v) is 11.3. The standard InChI is InChI=1S/C16H16O4/c1-9(2)7-8-12-13(16(19)20)15(18)11-6-4-3-5-10(11)14(12)17/h3-7,17-18H,8H2,1-2H3,(H,19,20). The Bertz CT molecular complexity index is 710. The van der Waals surface area contributed by atoms with Crippen molar-refractivity contribution in [1.82, 2.24) is 0 Å². The number of aromatic carboxylic acids is 1. The second-order valence-electron chi connectivity index (χ2n) is 4.89. The van der Waals surface area contributed by atoms with E-state index in [1.165, 1.54) is 0 Å². The van der Waals surface area contributed by atoms with E-state index in [1.807, 2.05) is 19.9 Å². The van der Waals surface area contributed by atoms with Crippen molar-refractivity contribution in [3.8, 4) is 11.5 Å². The van der Waals surface area contributed by atoms with E-state index in [1.54, 1.807) is 24.3 Å². The van der Waals surface area contributed by atoms with Gasteiger partial charge in [-0.2, -0.15) is 0 Å². The lowest BCUT2D eigenvalue weighted by Gasteiger charge is -2.13. The smallest absolute Gasteiger partial charge is 0.339 e. The SMILES string of the molecule is CC(C)=CCc1c(C(=O)O)c(O)c2ccccc2c1O. The van der Waals surface area contributed by atoms with Crippen molar-refractivity contribution in [2.24, 2.45) is 0 Å². The molecule has 0 saturated heterocycles. The van der Waals surface area contributed by atoms with Gasteiger partial charge in [0, 0.05) is 16.3 Å². The average Bonchev–Trinajstić information content (AvgIpc) is 2.40. The number of benzene rings is 2. The van der Waals surface area contributed by atoms with Crippen molar-refractivity contribution in [2.45, 2.75) is 20.3 Å². The van der Waals surface area contributed by atoms with E-state index in [9.17, 15) is 20.1 Å². The molecule has 4 heteroatoms. The molecule has 0 saturated carbocycles. The lowest BCUT2D eigenvalue weighted by molar-refractivity contribution is 0.0692. The minimum Gasteiger partial charge on any atom is -0.507 e. The quantitative estimate of drug-likeness (QED) is 0.590. The summed E-state index contributed by atoms with van der Waals surface area (Å²) in [6.45, 7) is 3.77. The minimum absolute atomic E-state index is 0.0895. The molecular formula is C16H16O4. The molecule has 0 aromatic heterocycles. The Balaban J connectivity index is 2.83. The van der Waals surface area contributed by atoms with Crippen LogP contribution in [0.15, 0.2) is 35.9 Å². The van der Waals surface area contributed by atoms with Gasteiger partial charge in [0.1, 0.15) is 17.1 Å². The largest absolute Gasteiger partial charge is 0.507 e. The number of aromatic hydroxyl groups is 2. The van der Waals surface area contributed by atoms with Crippen LogP contribution in [0.1, 0.15) is 29.8 Å². The van der Waals surface area contributed by atoms with Gasteiger partial charge in [-0.05, 0) is 20.3 Å². The normalized spacial score (nSPS) is 10.5. The number of hydrogen-bond acceptors (Lipinski definition) is 3. The van der Waals surface area contributed by atoms with Crippen LogP contribution in [0.5, 0.6) is 11.5 Å². The molecule has 0 atom stereocenters. The molecule has 3 N–H and O–H groups in total. The van der Waals surface area contributed by atoms with Crippen LogP contribution < -0.4 is 0 Å². The molecule has 0 aliphatic rings. The molecular weight excluding hydrogens is 256 g/mol. The van der Waals surface area contributed by atoms with Crippen LogP contribution in [-0.2, 0) is 6.42 Å². The number of carboxylic acids is 1. The van der Waals surface area contributed by atoms with Gasteiger partial charge in [-0.15, -0.1) is 0 Å². The number of phenolic OH excluding ortho intramolecular Hbond substituents is 1. The molecule has 0 fully saturated rings. The third kappa shape index (κ3) is 2.32. The van der Waals surface area contributed by atoms with Crippen molar-refractivity contribution >= 4 is 16.7 Å². The van der Waals surface area contributed by atoms with Crippen molar-refractivity contribution in [1.29, 1.82) is 0 Å². The predicted molar refractivity (Wildman–Crippen MR) is 77.4 cm³/mol. The summed E-state index contributed by atoms with van der Waals surface area (Å²) in [5.74, 6) is -1.64. The van der Waals surface area contributed by atoms with E-state index in [-0.39, 0.29) is 29.0 Å². The molecule has 0 aliphatic heterocycles. The highest BCUT2D eigenvalue weighted by Crippen LogP contribution is 2.39. The third-order valence-electron chi connectivity index (χ3n) is 3.19. The topological polar surface area (TPSA) is 77.8 Å². The minimum atomic E-state index is -1.25. The second-order valence-corrected chi connectivity index (χ2v) is 4.89. The fourth-order valence-electron chi connectivity index (χ4n) is 2.19. The number of carboxylic acid groups (broad SMARTS) is 1. The molecule has 0 heterocycles. The first kappa shape index (κ1) is 13.9. The first-order valence-electron chi connectivity index (χ1n) is 6.25. The van der Waals surface area contributed by atoms with E-state index in [2.05, 4.69) is 0 Å². The maximum absolute atomic E-state index is 11.4. The first-order chi connectivity index (χ1) is 9.43. The van der Waals surface area contributed by atoms with E-state index in [4.69, 9.17) is 0 Å². The van der Waals surface area contributed by atoms with Gasteiger partial charge in [0.15, 0.2) is 0 Å². The summed E-state index contributed by atoms with van der Waals surface area (Å²) in [6.07, 6.45) is 2.07. The molecule has 0 amide bonds. The van der Waals surface area contributed by atoms with Gasteiger partial charge in [-0.25, -0.2) is 4.79 Å². The summed E-state index contributed by atoms with van der Waals surface area (Å²) < 4.78 is 0. The summed E-state index contributed by atoms with van der Waals surface area (Å²) in [5, 5.41) is 30.6. The molecule has 20 heavy (non-hydrogen) atoms. The van der Waals surface area contributed by atoms with Gasteiger partial charge < -0.3 is 15.3 Å². The number of fused-ring (bicyclic) bond motifs is 1. The van der Waals surface area contributed by atoms with Crippen LogP contribution in [0.4, 0.5) is 0 Å². The van der Waals surface area contributed by atoms with Crippen LogP contribution >= 0.6 is 0 Å². The zero-order valence-electron chi connectivity index (χ0n) is 11.3. The Morgan fingerprint density at radius 1 is 1.10 bits per heavy atom. The van der Waals surface area contributed by atoms with Gasteiger partial charge in [0.05, 0.1) is 0 Å². The van der Waals surface area contributed by atoms with Crippen LogP contribution in [0, 0.1) is 0 Å². The molecule has 0 unspecified atom stereocenters. The number of allylic oxidation sites excluding steroid dienone is 2. The Hall–Kier alpha value is -2.49. The monoisotopic (exact) mass is 272 g/mol. The number of phenols is 2. The Morgan fingerprint density at radius 2 is 1.65 bits per heavy atom. The van der Waals surface area contributed by atoms with E-state index >= 15 is 0 Å². The summed E-state index contributed by atoms with van der Waals surface area (Å²) >= 11 is 0. The lowest BCUT2D eigenvalue weighted by Crippen LogP contribution is -2.04.